The molecular weight excluding hydrogens is 375 g/mol. The zero-order chi connectivity index (χ0) is 14.8. The highest BCUT2D eigenvalue weighted by Crippen LogP contribution is 2.22. The van der Waals surface area contributed by atoms with Crippen LogP contribution in [0.25, 0.3) is 10.8 Å². The molecule has 0 heterocycles. The Bertz CT molecular complexity index is 807. The van der Waals surface area contributed by atoms with Gasteiger partial charge in [-0.2, -0.15) is 0 Å². The Hall–Kier alpha value is -1.88. The summed E-state index contributed by atoms with van der Waals surface area (Å²) in [6.45, 7) is 2.06. The normalized spacial score (nSPS) is 10.6. The van der Waals surface area contributed by atoms with Gasteiger partial charge in [-0.3, -0.25) is 0 Å². The quantitative estimate of drug-likeness (QED) is 0.352. The molecular formula is C18H13IO2. The van der Waals surface area contributed by atoms with E-state index < -0.39 is 0 Å². The van der Waals surface area contributed by atoms with E-state index in [0.717, 1.165) is 14.3 Å². The van der Waals surface area contributed by atoms with E-state index in [9.17, 15) is 4.79 Å². The summed E-state index contributed by atoms with van der Waals surface area (Å²) in [5.74, 6) is 0.229. The van der Waals surface area contributed by atoms with Crippen LogP contribution in [0, 0.1) is 10.5 Å². The summed E-state index contributed by atoms with van der Waals surface area (Å²) in [5.41, 5.74) is 1.77. The van der Waals surface area contributed by atoms with Crippen LogP contribution in [0.2, 0.25) is 0 Å². The van der Waals surface area contributed by atoms with Gasteiger partial charge in [0.15, 0.2) is 0 Å². The van der Waals surface area contributed by atoms with Crippen LogP contribution in [0.4, 0.5) is 0 Å². The minimum Gasteiger partial charge on any atom is -0.423 e. The molecule has 2 nitrogen and oxygen atoms in total. The average Bonchev–Trinajstić information content (AvgIpc) is 2.48. The lowest BCUT2D eigenvalue weighted by molar-refractivity contribution is 0.0735. The van der Waals surface area contributed by atoms with Crippen LogP contribution >= 0.6 is 22.6 Å². The summed E-state index contributed by atoms with van der Waals surface area (Å²) in [7, 11) is 0. The molecule has 0 bridgehead atoms. The highest BCUT2D eigenvalue weighted by Gasteiger charge is 2.08. The number of ether oxygens (including phenoxy) is 1. The topological polar surface area (TPSA) is 26.3 Å². The molecule has 0 fully saturated rings. The number of carbonyl (C=O) groups excluding carboxylic acids is 1. The lowest BCUT2D eigenvalue weighted by atomic mass is 10.1. The Morgan fingerprint density at radius 1 is 0.905 bits per heavy atom. The van der Waals surface area contributed by atoms with Crippen molar-refractivity contribution in [2.24, 2.45) is 0 Å². The molecule has 21 heavy (non-hydrogen) atoms. The van der Waals surface area contributed by atoms with Gasteiger partial charge in [-0.15, -0.1) is 0 Å². The van der Waals surface area contributed by atoms with Crippen LogP contribution in [-0.2, 0) is 0 Å². The van der Waals surface area contributed by atoms with E-state index in [2.05, 4.69) is 35.6 Å². The van der Waals surface area contributed by atoms with Crippen LogP contribution < -0.4 is 4.74 Å². The number of aryl methyl sites for hydroxylation is 1. The molecule has 0 aromatic heterocycles. The van der Waals surface area contributed by atoms with Crippen LogP contribution in [-0.4, -0.2) is 5.97 Å². The third-order valence-electron chi connectivity index (χ3n) is 3.26. The Morgan fingerprint density at radius 3 is 2.33 bits per heavy atom. The summed E-state index contributed by atoms with van der Waals surface area (Å²) < 4.78 is 6.53. The molecule has 0 atom stereocenters. The number of esters is 1. The first-order chi connectivity index (χ1) is 10.1. The molecule has 0 aliphatic carbocycles. The molecule has 0 aliphatic rings. The fraction of sp³-hybridized carbons (Fsp3) is 0.0556. The zero-order valence-corrected chi connectivity index (χ0v) is 13.6. The summed E-state index contributed by atoms with van der Waals surface area (Å²) in [5, 5.41) is 2.21. The van der Waals surface area contributed by atoms with E-state index in [1.54, 1.807) is 12.1 Å². The summed E-state index contributed by atoms with van der Waals surface area (Å²) in [6, 6.07) is 19.2. The SMILES string of the molecule is Cc1ccc2cc(OC(=O)c3ccc(I)cc3)ccc2c1. The van der Waals surface area contributed by atoms with Gasteiger partial charge in [0.1, 0.15) is 5.75 Å². The summed E-state index contributed by atoms with van der Waals surface area (Å²) in [4.78, 5) is 12.1. The second kappa shape index (κ2) is 5.85. The molecule has 104 valence electrons. The van der Waals surface area contributed by atoms with Crippen LogP contribution in [0.3, 0.4) is 0 Å². The van der Waals surface area contributed by atoms with Crippen LogP contribution in [0.15, 0.2) is 60.7 Å². The van der Waals surface area contributed by atoms with Crippen molar-refractivity contribution in [1.82, 2.24) is 0 Å². The molecule has 0 saturated heterocycles. The van der Waals surface area contributed by atoms with Gasteiger partial charge in [-0.1, -0.05) is 29.8 Å². The molecule has 0 unspecified atom stereocenters. The number of carbonyl (C=O) groups is 1. The number of benzene rings is 3. The molecule has 0 aliphatic heterocycles. The van der Waals surface area contributed by atoms with E-state index in [4.69, 9.17) is 4.74 Å². The van der Waals surface area contributed by atoms with Gasteiger partial charge >= 0.3 is 5.97 Å². The van der Waals surface area contributed by atoms with Crippen molar-refractivity contribution in [2.75, 3.05) is 0 Å². The smallest absolute Gasteiger partial charge is 0.343 e. The lowest BCUT2D eigenvalue weighted by Crippen LogP contribution is -2.08. The molecule has 0 radical (unpaired) electrons. The Morgan fingerprint density at radius 2 is 1.57 bits per heavy atom. The van der Waals surface area contributed by atoms with Gasteiger partial charge in [0, 0.05) is 3.57 Å². The predicted octanol–water partition coefficient (Wildman–Crippen LogP) is 4.97. The van der Waals surface area contributed by atoms with Crippen molar-refractivity contribution in [2.45, 2.75) is 6.92 Å². The first-order valence-corrected chi connectivity index (χ1v) is 7.68. The van der Waals surface area contributed by atoms with Gasteiger partial charge in [0.2, 0.25) is 0 Å². The first kappa shape index (κ1) is 14.1. The molecule has 3 rings (SSSR count). The highest BCUT2D eigenvalue weighted by atomic mass is 127. The Balaban J connectivity index is 1.85. The van der Waals surface area contributed by atoms with Gasteiger partial charge in [-0.25, -0.2) is 4.79 Å². The van der Waals surface area contributed by atoms with Crippen molar-refractivity contribution < 1.29 is 9.53 Å². The molecule has 0 saturated carbocycles. The fourth-order valence-corrected chi connectivity index (χ4v) is 2.52. The number of hydrogen-bond donors (Lipinski definition) is 0. The molecule has 3 aromatic carbocycles. The number of hydrogen-bond acceptors (Lipinski definition) is 2. The molecule has 0 amide bonds. The van der Waals surface area contributed by atoms with E-state index in [0.29, 0.717) is 11.3 Å². The maximum absolute atomic E-state index is 12.1. The monoisotopic (exact) mass is 388 g/mol. The molecule has 3 heteroatoms. The molecule has 0 spiro atoms. The number of halogens is 1. The van der Waals surface area contributed by atoms with Crippen molar-refractivity contribution in [1.29, 1.82) is 0 Å². The van der Waals surface area contributed by atoms with Crippen LogP contribution in [0.1, 0.15) is 15.9 Å². The Kier molecular flexibility index (Phi) is 3.92. The van der Waals surface area contributed by atoms with Crippen molar-refractivity contribution in [3.8, 4) is 5.75 Å². The standard InChI is InChI=1S/C18H13IO2/c1-12-2-3-15-11-17(9-6-14(15)10-12)21-18(20)13-4-7-16(19)8-5-13/h2-11H,1H3. The van der Waals surface area contributed by atoms with E-state index in [-0.39, 0.29) is 5.97 Å². The van der Waals surface area contributed by atoms with Crippen molar-refractivity contribution in [3.63, 3.8) is 0 Å². The van der Waals surface area contributed by atoms with E-state index in [1.807, 2.05) is 42.5 Å². The second-order valence-corrected chi connectivity index (χ2v) is 6.15. The largest absolute Gasteiger partial charge is 0.423 e. The lowest BCUT2D eigenvalue weighted by Gasteiger charge is -2.06. The van der Waals surface area contributed by atoms with Crippen molar-refractivity contribution >= 4 is 39.3 Å². The minimum absolute atomic E-state index is 0.335. The second-order valence-electron chi connectivity index (χ2n) is 4.91. The van der Waals surface area contributed by atoms with Gasteiger partial charge in [0.25, 0.3) is 0 Å². The zero-order valence-electron chi connectivity index (χ0n) is 11.5. The summed E-state index contributed by atoms with van der Waals surface area (Å²) >= 11 is 2.20. The maximum Gasteiger partial charge on any atom is 0.343 e. The minimum atomic E-state index is -0.335. The summed E-state index contributed by atoms with van der Waals surface area (Å²) in [6.07, 6.45) is 0. The van der Waals surface area contributed by atoms with Gasteiger partial charge in [0.05, 0.1) is 5.56 Å². The average molecular weight is 388 g/mol. The predicted molar refractivity (Wildman–Crippen MR) is 92.8 cm³/mol. The number of fused-ring (bicyclic) bond motifs is 1. The third-order valence-corrected chi connectivity index (χ3v) is 3.98. The van der Waals surface area contributed by atoms with Crippen LogP contribution in [0.5, 0.6) is 5.75 Å². The first-order valence-electron chi connectivity index (χ1n) is 6.60. The third kappa shape index (κ3) is 3.24. The fourth-order valence-electron chi connectivity index (χ4n) is 2.16. The molecule has 3 aromatic rings. The van der Waals surface area contributed by atoms with E-state index in [1.165, 1.54) is 5.56 Å². The molecule has 0 N–H and O–H groups in total. The highest BCUT2D eigenvalue weighted by molar-refractivity contribution is 14.1. The van der Waals surface area contributed by atoms with E-state index >= 15 is 0 Å². The van der Waals surface area contributed by atoms with Gasteiger partial charge in [-0.05, 0) is 76.7 Å². The van der Waals surface area contributed by atoms with Gasteiger partial charge < -0.3 is 4.74 Å². The maximum atomic E-state index is 12.1. The Labute approximate surface area is 136 Å². The van der Waals surface area contributed by atoms with Crippen molar-refractivity contribution in [3.05, 3.63) is 75.4 Å². The number of rotatable bonds is 2.